The molecule has 0 bridgehead atoms. The molecule has 1 rings (SSSR count). The maximum absolute atomic E-state index is 11.4. The highest BCUT2D eigenvalue weighted by molar-refractivity contribution is 7.95. The van der Waals surface area contributed by atoms with Crippen LogP contribution in [0.4, 0.5) is 0 Å². The van der Waals surface area contributed by atoms with E-state index in [0.29, 0.717) is 17.1 Å². The van der Waals surface area contributed by atoms with Crippen LogP contribution >= 0.6 is 0 Å². The van der Waals surface area contributed by atoms with Gasteiger partial charge in [-0.05, 0) is 25.3 Å². The zero-order chi connectivity index (χ0) is 9.19. The second-order valence-electron chi connectivity index (χ2n) is 2.86. The van der Waals surface area contributed by atoms with E-state index < -0.39 is 9.84 Å². The molecular formula is C9H14O2S. The summed E-state index contributed by atoms with van der Waals surface area (Å²) in [7, 11) is -2.92. The summed E-state index contributed by atoms with van der Waals surface area (Å²) in [5.41, 5.74) is 1.00. The number of rotatable bonds is 1. The summed E-state index contributed by atoms with van der Waals surface area (Å²) in [4.78, 5) is 0.546. The predicted octanol–water partition coefficient (Wildman–Crippen LogP) is 2.05. The van der Waals surface area contributed by atoms with Crippen molar-refractivity contribution in [2.75, 3.05) is 5.75 Å². The normalized spacial score (nSPS) is 28.5. The van der Waals surface area contributed by atoms with Crippen LogP contribution in [0.5, 0.6) is 0 Å². The van der Waals surface area contributed by atoms with Gasteiger partial charge >= 0.3 is 0 Å². The van der Waals surface area contributed by atoms with Crippen molar-refractivity contribution in [1.29, 1.82) is 0 Å². The minimum absolute atomic E-state index is 0.290. The summed E-state index contributed by atoms with van der Waals surface area (Å²) < 4.78 is 22.7. The second kappa shape index (κ2) is 3.44. The van der Waals surface area contributed by atoms with E-state index in [4.69, 9.17) is 0 Å². The lowest BCUT2D eigenvalue weighted by Crippen LogP contribution is -1.98. The summed E-state index contributed by atoms with van der Waals surface area (Å²) in [6.45, 7) is 3.80. The highest BCUT2D eigenvalue weighted by Gasteiger charge is 2.27. The Morgan fingerprint density at radius 3 is 2.67 bits per heavy atom. The molecule has 0 N–H and O–H groups in total. The second-order valence-corrected chi connectivity index (χ2v) is 4.94. The van der Waals surface area contributed by atoms with Crippen LogP contribution in [0.25, 0.3) is 0 Å². The van der Waals surface area contributed by atoms with Gasteiger partial charge in [0.25, 0.3) is 0 Å². The Morgan fingerprint density at radius 2 is 2.17 bits per heavy atom. The van der Waals surface area contributed by atoms with Gasteiger partial charge in [-0.2, -0.15) is 0 Å². The maximum atomic E-state index is 11.4. The van der Waals surface area contributed by atoms with E-state index in [1.165, 1.54) is 0 Å². The van der Waals surface area contributed by atoms with Crippen LogP contribution in [-0.2, 0) is 9.84 Å². The van der Waals surface area contributed by atoms with Crippen molar-refractivity contribution in [1.82, 2.24) is 0 Å². The van der Waals surface area contributed by atoms with Crippen LogP contribution in [0.3, 0.4) is 0 Å². The first-order valence-corrected chi connectivity index (χ1v) is 5.85. The molecule has 1 saturated heterocycles. The maximum Gasteiger partial charge on any atom is 0.178 e. The van der Waals surface area contributed by atoms with Gasteiger partial charge < -0.3 is 0 Å². The smallest absolute Gasteiger partial charge is 0.178 e. The van der Waals surface area contributed by atoms with Crippen molar-refractivity contribution in [3.63, 3.8) is 0 Å². The summed E-state index contributed by atoms with van der Waals surface area (Å²) in [6.07, 6.45) is 5.29. The lowest BCUT2D eigenvalue weighted by molar-refractivity contribution is 0.605. The Morgan fingerprint density at radius 1 is 1.50 bits per heavy atom. The van der Waals surface area contributed by atoms with Crippen molar-refractivity contribution in [3.8, 4) is 0 Å². The quantitative estimate of drug-likeness (QED) is 0.628. The fourth-order valence-electron chi connectivity index (χ4n) is 1.49. The molecule has 1 fully saturated rings. The lowest BCUT2D eigenvalue weighted by Gasteiger charge is -1.96. The molecule has 0 unspecified atom stereocenters. The third kappa shape index (κ3) is 1.61. The average Bonchev–Trinajstić information content (AvgIpc) is 2.27. The van der Waals surface area contributed by atoms with Gasteiger partial charge in [0.05, 0.1) is 10.7 Å². The molecule has 1 aliphatic heterocycles. The van der Waals surface area contributed by atoms with Crippen LogP contribution in [0.2, 0.25) is 0 Å². The van der Waals surface area contributed by atoms with Crippen LogP contribution in [0.15, 0.2) is 22.6 Å². The van der Waals surface area contributed by atoms with Crippen LogP contribution < -0.4 is 0 Å². The number of allylic oxidation sites excluding steroid dienone is 3. The molecule has 0 aromatic carbocycles. The molecule has 0 aliphatic carbocycles. The van der Waals surface area contributed by atoms with Gasteiger partial charge in [0.2, 0.25) is 0 Å². The van der Waals surface area contributed by atoms with Gasteiger partial charge in [-0.15, -0.1) is 0 Å². The fraction of sp³-hybridized carbons (Fsp3) is 0.556. The zero-order valence-electron chi connectivity index (χ0n) is 7.50. The molecule has 0 spiro atoms. The van der Waals surface area contributed by atoms with Gasteiger partial charge in [0.15, 0.2) is 9.84 Å². The first kappa shape index (κ1) is 9.52. The van der Waals surface area contributed by atoms with Crippen LogP contribution in [0.1, 0.15) is 26.7 Å². The van der Waals surface area contributed by atoms with Gasteiger partial charge in [-0.3, -0.25) is 0 Å². The van der Waals surface area contributed by atoms with Crippen molar-refractivity contribution in [2.24, 2.45) is 0 Å². The highest BCUT2D eigenvalue weighted by Crippen LogP contribution is 2.29. The summed E-state index contributed by atoms with van der Waals surface area (Å²) >= 11 is 0. The molecule has 3 heteroatoms. The van der Waals surface area contributed by atoms with Gasteiger partial charge in [0, 0.05) is 0 Å². The topological polar surface area (TPSA) is 34.1 Å². The molecule has 0 radical (unpaired) electrons. The predicted molar refractivity (Wildman–Crippen MR) is 50.5 cm³/mol. The van der Waals surface area contributed by atoms with E-state index in [-0.39, 0.29) is 0 Å². The molecular weight excluding hydrogens is 172 g/mol. The first-order valence-electron chi connectivity index (χ1n) is 4.20. The van der Waals surface area contributed by atoms with E-state index in [1.807, 2.05) is 13.0 Å². The van der Waals surface area contributed by atoms with Crippen molar-refractivity contribution in [3.05, 3.63) is 22.6 Å². The Labute approximate surface area is 73.9 Å². The van der Waals surface area contributed by atoms with Crippen LogP contribution in [-0.4, -0.2) is 14.2 Å². The molecule has 12 heavy (non-hydrogen) atoms. The third-order valence-electron chi connectivity index (χ3n) is 2.00. The molecule has 0 atom stereocenters. The summed E-state index contributed by atoms with van der Waals surface area (Å²) in [6, 6.07) is 0. The largest absolute Gasteiger partial charge is 0.224 e. The molecule has 0 saturated carbocycles. The lowest BCUT2D eigenvalue weighted by atomic mass is 10.1. The number of sulfone groups is 1. The van der Waals surface area contributed by atoms with E-state index in [2.05, 4.69) is 0 Å². The minimum Gasteiger partial charge on any atom is -0.224 e. The molecule has 1 heterocycles. The Kier molecular flexibility index (Phi) is 2.73. The molecule has 2 nitrogen and oxygen atoms in total. The molecule has 0 aromatic rings. The first-order chi connectivity index (χ1) is 5.61. The van der Waals surface area contributed by atoms with Crippen molar-refractivity contribution >= 4 is 9.84 Å². The number of hydrogen-bond acceptors (Lipinski definition) is 2. The van der Waals surface area contributed by atoms with Gasteiger partial charge in [0.1, 0.15) is 0 Å². The molecule has 0 aromatic heterocycles. The number of hydrogen-bond donors (Lipinski definition) is 0. The molecule has 0 amide bonds. The fourth-order valence-corrected chi connectivity index (χ4v) is 3.14. The Bertz CT molecular complexity index is 320. The van der Waals surface area contributed by atoms with E-state index >= 15 is 0 Å². The van der Waals surface area contributed by atoms with Crippen molar-refractivity contribution in [2.45, 2.75) is 26.7 Å². The van der Waals surface area contributed by atoms with Crippen molar-refractivity contribution < 1.29 is 8.42 Å². The Balaban J connectivity index is 3.09. The summed E-state index contributed by atoms with van der Waals surface area (Å²) in [5.74, 6) is 0.290. The van der Waals surface area contributed by atoms with E-state index in [0.717, 1.165) is 12.0 Å². The standard InChI is InChI=1S/C9H14O2S/c1-3-5-8-6-7-12(10,11)9(8)4-2/h4-5H,3,6-7H2,1-2H3. The Hall–Kier alpha value is -0.570. The monoisotopic (exact) mass is 186 g/mol. The third-order valence-corrected chi connectivity index (χ3v) is 3.91. The minimum atomic E-state index is -2.92. The van der Waals surface area contributed by atoms with Gasteiger partial charge in [-0.1, -0.05) is 19.1 Å². The summed E-state index contributed by atoms with van der Waals surface area (Å²) in [5, 5.41) is 0. The molecule has 1 aliphatic rings. The molecule has 68 valence electrons. The van der Waals surface area contributed by atoms with Gasteiger partial charge in [-0.25, -0.2) is 8.42 Å². The SMILES string of the molecule is CC=C1C(=CCC)CCS1(=O)=O. The highest BCUT2D eigenvalue weighted by atomic mass is 32.2. The zero-order valence-corrected chi connectivity index (χ0v) is 8.32. The van der Waals surface area contributed by atoms with Crippen LogP contribution in [0, 0.1) is 0 Å². The average molecular weight is 186 g/mol. The van der Waals surface area contributed by atoms with E-state index in [9.17, 15) is 8.42 Å². The van der Waals surface area contributed by atoms with E-state index in [1.54, 1.807) is 13.0 Å².